The molecule has 1 saturated heterocycles. The predicted molar refractivity (Wildman–Crippen MR) is 78.9 cm³/mol. The van der Waals surface area contributed by atoms with Gasteiger partial charge in [-0.25, -0.2) is 9.97 Å². The van der Waals surface area contributed by atoms with Crippen LogP contribution in [0.15, 0.2) is 36.7 Å². The Bertz CT molecular complexity index is 770. The maximum absolute atomic E-state index is 12.9. The molecule has 2 atom stereocenters. The molecule has 0 aliphatic carbocycles. The van der Waals surface area contributed by atoms with E-state index in [1.165, 1.54) is 18.5 Å². The van der Waals surface area contributed by atoms with Crippen molar-refractivity contribution >= 4 is 5.82 Å². The molecule has 2 heterocycles. The minimum atomic E-state index is -4.42. The third-order valence-corrected chi connectivity index (χ3v) is 3.92. The zero-order chi connectivity index (χ0) is 17.3. The number of nitrogens with zero attached hydrogens (tertiary/aromatic N) is 4. The Kier molecular flexibility index (Phi) is 4.11. The summed E-state index contributed by atoms with van der Waals surface area (Å²) >= 11 is 0. The number of aromatic nitrogens is 2. The summed E-state index contributed by atoms with van der Waals surface area (Å²) in [5, 5.41) is 18.7. The van der Waals surface area contributed by atoms with Gasteiger partial charge in [0.25, 0.3) is 0 Å². The van der Waals surface area contributed by atoms with E-state index in [0.29, 0.717) is 17.8 Å². The van der Waals surface area contributed by atoms with Crippen LogP contribution in [-0.4, -0.2) is 27.7 Å². The summed E-state index contributed by atoms with van der Waals surface area (Å²) in [5.74, 6) is 0.410. The summed E-state index contributed by atoms with van der Waals surface area (Å²) in [5.41, 5.74) is -0.131. The summed E-state index contributed by atoms with van der Waals surface area (Å²) in [4.78, 5) is 9.75. The van der Waals surface area contributed by atoms with Crippen molar-refractivity contribution in [3.63, 3.8) is 0 Å². The molecule has 1 fully saturated rings. The molecule has 0 unspecified atom stereocenters. The minimum absolute atomic E-state index is 0.147. The average molecular weight is 334 g/mol. The van der Waals surface area contributed by atoms with E-state index in [2.05, 4.69) is 9.97 Å². The van der Waals surface area contributed by atoms with Crippen LogP contribution in [0, 0.1) is 11.3 Å². The molecule has 2 aromatic rings. The lowest BCUT2D eigenvalue weighted by Gasteiger charge is -2.26. The molecule has 5 nitrogen and oxygen atoms in total. The van der Waals surface area contributed by atoms with Crippen LogP contribution in [0.2, 0.25) is 0 Å². The SMILES string of the molecule is N#Cc1cnc(N2C[C@@H](O)C[C@H]2c2cccc(C(F)(F)F)c2)cn1. The average Bonchev–Trinajstić information content (AvgIpc) is 2.96. The van der Waals surface area contributed by atoms with Gasteiger partial charge in [-0.2, -0.15) is 18.4 Å². The number of benzene rings is 1. The van der Waals surface area contributed by atoms with Gasteiger partial charge in [-0.05, 0) is 24.1 Å². The molecule has 24 heavy (non-hydrogen) atoms. The van der Waals surface area contributed by atoms with Crippen molar-refractivity contribution in [1.82, 2.24) is 9.97 Å². The van der Waals surface area contributed by atoms with Crippen LogP contribution in [0.4, 0.5) is 19.0 Å². The van der Waals surface area contributed by atoms with Crippen LogP contribution in [0.25, 0.3) is 0 Å². The number of halogens is 3. The van der Waals surface area contributed by atoms with Gasteiger partial charge in [-0.15, -0.1) is 0 Å². The molecule has 1 aromatic heterocycles. The highest BCUT2D eigenvalue weighted by Crippen LogP contribution is 2.37. The van der Waals surface area contributed by atoms with E-state index in [0.717, 1.165) is 12.1 Å². The molecule has 0 saturated carbocycles. The minimum Gasteiger partial charge on any atom is -0.391 e. The zero-order valence-electron chi connectivity index (χ0n) is 12.4. The molecule has 0 bridgehead atoms. The van der Waals surface area contributed by atoms with Crippen LogP contribution < -0.4 is 4.90 Å². The summed E-state index contributed by atoms with van der Waals surface area (Å²) in [7, 11) is 0. The van der Waals surface area contributed by atoms with E-state index in [9.17, 15) is 18.3 Å². The number of hydrogen-bond acceptors (Lipinski definition) is 5. The van der Waals surface area contributed by atoms with E-state index in [-0.39, 0.29) is 12.2 Å². The van der Waals surface area contributed by atoms with Gasteiger partial charge >= 0.3 is 6.18 Å². The summed E-state index contributed by atoms with van der Waals surface area (Å²) < 4.78 is 38.8. The van der Waals surface area contributed by atoms with Crippen molar-refractivity contribution in [3.05, 3.63) is 53.5 Å². The summed E-state index contributed by atoms with van der Waals surface area (Å²) in [6, 6.07) is 6.47. The van der Waals surface area contributed by atoms with Gasteiger partial charge in [0.2, 0.25) is 0 Å². The molecule has 8 heteroatoms. The molecule has 1 aromatic carbocycles. The number of β-amino-alcohol motifs (C(OH)–C–C–N with tert-alkyl or cyclic N) is 1. The molecular weight excluding hydrogens is 321 g/mol. The van der Waals surface area contributed by atoms with Crippen molar-refractivity contribution in [3.8, 4) is 6.07 Å². The summed E-state index contributed by atoms with van der Waals surface area (Å²) in [6.07, 6.45) is -2.13. The first-order valence-corrected chi connectivity index (χ1v) is 7.22. The number of rotatable bonds is 2. The molecule has 1 aliphatic heterocycles. The third kappa shape index (κ3) is 3.16. The number of hydrogen-bond donors (Lipinski definition) is 1. The molecule has 0 radical (unpaired) electrons. The summed E-state index contributed by atoms with van der Waals surface area (Å²) in [6.45, 7) is 0.238. The first kappa shape index (κ1) is 16.2. The first-order valence-electron chi connectivity index (χ1n) is 7.22. The number of nitriles is 1. The lowest BCUT2D eigenvalue weighted by Crippen LogP contribution is -2.25. The van der Waals surface area contributed by atoms with E-state index in [4.69, 9.17) is 5.26 Å². The monoisotopic (exact) mass is 334 g/mol. The van der Waals surface area contributed by atoms with Gasteiger partial charge in [-0.1, -0.05) is 12.1 Å². The van der Waals surface area contributed by atoms with Crippen LogP contribution >= 0.6 is 0 Å². The van der Waals surface area contributed by atoms with Gasteiger partial charge in [0, 0.05) is 6.54 Å². The van der Waals surface area contributed by atoms with Crippen molar-refractivity contribution in [2.75, 3.05) is 11.4 Å². The van der Waals surface area contributed by atoms with E-state index < -0.39 is 23.9 Å². The fraction of sp³-hybridized carbons (Fsp3) is 0.312. The number of aliphatic hydroxyl groups excluding tert-OH is 1. The topological polar surface area (TPSA) is 73.0 Å². The van der Waals surface area contributed by atoms with Crippen molar-refractivity contribution in [1.29, 1.82) is 5.26 Å². The molecule has 0 spiro atoms. The second-order valence-corrected chi connectivity index (χ2v) is 5.55. The fourth-order valence-corrected chi connectivity index (χ4v) is 2.83. The highest BCUT2D eigenvalue weighted by Gasteiger charge is 2.35. The fourth-order valence-electron chi connectivity index (χ4n) is 2.83. The Hall–Kier alpha value is -2.66. The molecule has 1 aliphatic rings. The molecule has 124 valence electrons. The Morgan fingerprint density at radius 1 is 1.25 bits per heavy atom. The highest BCUT2D eigenvalue weighted by molar-refractivity contribution is 5.44. The number of alkyl halides is 3. The van der Waals surface area contributed by atoms with Gasteiger partial charge in [0.1, 0.15) is 11.9 Å². The highest BCUT2D eigenvalue weighted by atomic mass is 19.4. The Morgan fingerprint density at radius 3 is 2.67 bits per heavy atom. The Morgan fingerprint density at radius 2 is 2.04 bits per heavy atom. The molecular formula is C16H13F3N4O. The molecule has 1 N–H and O–H groups in total. The zero-order valence-corrected chi connectivity index (χ0v) is 12.4. The smallest absolute Gasteiger partial charge is 0.391 e. The van der Waals surface area contributed by atoms with Gasteiger partial charge in [-0.3, -0.25) is 0 Å². The van der Waals surface area contributed by atoms with Crippen LogP contribution in [-0.2, 0) is 6.18 Å². The van der Waals surface area contributed by atoms with Crippen molar-refractivity contribution in [2.45, 2.75) is 24.7 Å². The van der Waals surface area contributed by atoms with Gasteiger partial charge in [0.15, 0.2) is 5.69 Å². The third-order valence-electron chi connectivity index (χ3n) is 3.92. The van der Waals surface area contributed by atoms with Gasteiger partial charge < -0.3 is 10.0 Å². The van der Waals surface area contributed by atoms with Crippen molar-refractivity contribution in [2.24, 2.45) is 0 Å². The Balaban J connectivity index is 1.95. The largest absolute Gasteiger partial charge is 0.416 e. The van der Waals surface area contributed by atoms with E-state index in [1.54, 1.807) is 11.0 Å². The van der Waals surface area contributed by atoms with Crippen LogP contribution in [0.3, 0.4) is 0 Å². The maximum atomic E-state index is 12.9. The second-order valence-electron chi connectivity index (χ2n) is 5.55. The van der Waals surface area contributed by atoms with Crippen LogP contribution in [0.5, 0.6) is 0 Å². The maximum Gasteiger partial charge on any atom is 0.416 e. The molecule has 0 amide bonds. The normalized spacial score (nSPS) is 20.9. The Labute approximate surface area is 136 Å². The predicted octanol–water partition coefficient (Wildman–Crippen LogP) is 2.68. The van der Waals surface area contributed by atoms with E-state index >= 15 is 0 Å². The standard InChI is InChI=1S/C16H13F3N4O/c17-16(18,19)11-3-1-2-10(4-11)14-5-13(24)9-23(14)15-8-21-12(6-20)7-22-15/h1-4,7-8,13-14,24H,5,9H2/t13-,14-/m0/s1. The second kappa shape index (κ2) is 6.09. The van der Waals surface area contributed by atoms with Crippen LogP contribution in [0.1, 0.15) is 29.3 Å². The lowest BCUT2D eigenvalue weighted by molar-refractivity contribution is -0.137. The van der Waals surface area contributed by atoms with Crippen molar-refractivity contribution < 1.29 is 18.3 Å². The van der Waals surface area contributed by atoms with E-state index in [1.807, 2.05) is 6.07 Å². The van der Waals surface area contributed by atoms with Gasteiger partial charge in [0.05, 0.1) is 30.1 Å². The first-order chi connectivity index (χ1) is 11.4. The number of aliphatic hydroxyl groups is 1. The quantitative estimate of drug-likeness (QED) is 0.914. The number of anilines is 1. The molecule has 3 rings (SSSR count). The lowest BCUT2D eigenvalue weighted by atomic mass is 10.0.